The van der Waals surface area contributed by atoms with Crippen molar-refractivity contribution in [3.8, 4) is 0 Å². The molecule has 0 radical (unpaired) electrons. The van der Waals surface area contributed by atoms with E-state index in [1.54, 1.807) is 11.8 Å². The van der Waals surface area contributed by atoms with E-state index < -0.39 is 20.7 Å². The average Bonchev–Trinajstić information content (AvgIpc) is 2.00. The van der Waals surface area contributed by atoms with Crippen molar-refractivity contribution in [2.24, 2.45) is 0 Å². The molecule has 4 N–H and O–H groups in total. The Morgan fingerprint density at radius 3 is 1.59 bits per heavy atom. The van der Waals surface area contributed by atoms with Crippen LogP contribution in [-0.4, -0.2) is 114 Å². The van der Waals surface area contributed by atoms with Crippen LogP contribution in [0.25, 0.3) is 0 Å². The van der Waals surface area contributed by atoms with Crippen LogP contribution in [0.1, 0.15) is 0 Å². The molecule has 17 heavy (non-hydrogen) atoms. The van der Waals surface area contributed by atoms with Gasteiger partial charge in [0.1, 0.15) is 0 Å². The zero-order valence-corrected chi connectivity index (χ0v) is 10.4. The molecule has 0 aliphatic carbocycles. The van der Waals surface area contributed by atoms with Gasteiger partial charge >= 0.3 is 74.3 Å². The van der Waals surface area contributed by atoms with E-state index >= 15 is 0 Å². The summed E-state index contributed by atoms with van der Waals surface area (Å²) in [5.74, 6) is 1.24. The molecule has 0 aromatic heterocycles. The molecule has 0 saturated carbocycles. The van der Waals surface area contributed by atoms with E-state index in [0.29, 0.717) is 11.5 Å². The summed E-state index contributed by atoms with van der Waals surface area (Å²) in [5, 5.41) is 0. The van der Waals surface area contributed by atoms with Crippen molar-refractivity contribution < 1.29 is 28.7 Å². The molecular weight excluding hydrogens is 310 g/mol. The molecule has 0 spiro atoms. The molecule has 0 bridgehead atoms. The molecule has 1 aliphatic heterocycles. The first kappa shape index (κ1) is 21.9. The van der Waals surface area contributed by atoms with Gasteiger partial charge in [0, 0.05) is 24.6 Å². The molecule has 0 unspecified atom stereocenters. The maximum atomic E-state index is 11.0. The molecule has 1 heterocycles. The van der Waals surface area contributed by atoms with Gasteiger partial charge in [-0.3, -0.25) is 14.0 Å². The molecule has 1 saturated heterocycles. The molecule has 1 rings (SSSR count). The van der Waals surface area contributed by atoms with E-state index in [2.05, 4.69) is 0 Å². The number of nitrogens with zero attached hydrogens (tertiary/aromatic N) is 1. The molecule has 0 atom stereocenters. The van der Waals surface area contributed by atoms with E-state index in [9.17, 15) is 9.13 Å². The number of hydrogen-bond acceptors (Lipinski definition) is 4. The van der Waals surface area contributed by atoms with Crippen LogP contribution < -0.4 is 0 Å². The van der Waals surface area contributed by atoms with E-state index in [-0.39, 0.29) is 72.2 Å². The van der Waals surface area contributed by atoms with Crippen LogP contribution in [0.5, 0.6) is 0 Å². The van der Waals surface area contributed by atoms with Crippen molar-refractivity contribution in [1.82, 2.24) is 4.90 Å². The first-order valence-corrected chi connectivity index (χ1v) is 8.67. The average molecular weight is 325 g/mol. The van der Waals surface area contributed by atoms with Gasteiger partial charge in [-0.2, -0.15) is 11.8 Å². The zero-order chi connectivity index (χ0) is 11.7. The fourth-order valence-corrected chi connectivity index (χ4v) is 5.24. The molecule has 0 aromatic rings. The summed E-state index contributed by atoms with van der Waals surface area (Å²) in [7, 11) is -9.62. The molecule has 94 valence electrons. The van der Waals surface area contributed by atoms with Gasteiger partial charge in [0.15, 0.2) is 0 Å². The van der Waals surface area contributed by atoms with E-state index in [1.807, 2.05) is 0 Å². The predicted octanol–water partition coefficient (Wildman–Crippen LogP) is -1.62. The van der Waals surface area contributed by atoms with Crippen LogP contribution >= 0.6 is 27.0 Å². The van der Waals surface area contributed by atoms with Gasteiger partial charge in [-0.15, -0.1) is 0 Å². The molecule has 7 nitrogen and oxygen atoms in total. The predicted molar refractivity (Wildman–Crippen MR) is 71.1 cm³/mol. The first-order valence-electron chi connectivity index (χ1n) is 4.15. The molecule has 12 heteroatoms. The fraction of sp³-hybridized carbons (Fsp3) is 1.00. The second-order valence-corrected chi connectivity index (χ2v) is 8.14. The Morgan fingerprint density at radius 1 is 0.941 bits per heavy atom. The summed E-state index contributed by atoms with van der Waals surface area (Å²) in [4.78, 5) is 36.9. The van der Waals surface area contributed by atoms with Crippen molar-refractivity contribution >= 4 is 86.1 Å². The van der Waals surface area contributed by atoms with Gasteiger partial charge in [-0.05, 0) is 0 Å². The minimum absolute atomic E-state index is 0. The third-order valence-corrected chi connectivity index (χ3v) is 6.58. The van der Waals surface area contributed by atoms with Crippen molar-refractivity contribution in [3.63, 3.8) is 0 Å². The van der Waals surface area contributed by atoms with Gasteiger partial charge < -0.3 is 19.6 Å². The summed E-state index contributed by atoms with van der Waals surface area (Å²) in [6.07, 6.45) is 0. The second-order valence-electron chi connectivity index (χ2n) is 3.17. The summed E-state index contributed by atoms with van der Waals surface area (Å²) >= 11 is 1.59. The number of thioether (sulfide) groups is 1. The third-order valence-electron chi connectivity index (χ3n) is 1.97. The summed E-state index contributed by atoms with van der Waals surface area (Å²) in [5.41, 5.74) is -1.98. The third kappa shape index (κ3) is 7.25. The normalized spacial score (nSPS) is 18.4. The minimum atomic E-state index is -4.81. The van der Waals surface area contributed by atoms with Crippen molar-refractivity contribution in [3.05, 3.63) is 0 Å². The molecule has 1 fully saturated rings. The number of hydrogen-bond donors (Lipinski definition) is 4. The molecular formula is C5H15NNa2O6P2S. The van der Waals surface area contributed by atoms with Gasteiger partial charge in [0.25, 0.3) is 0 Å². The van der Waals surface area contributed by atoms with Crippen molar-refractivity contribution in [2.45, 2.75) is 5.52 Å². The van der Waals surface area contributed by atoms with Gasteiger partial charge in [0.05, 0.1) is 0 Å². The summed E-state index contributed by atoms with van der Waals surface area (Å²) < 4.78 is 22.1. The Kier molecular flexibility index (Phi) is 11.3. The van der Waals surface area contributed by atoms with Gasteiger partial charge in [-0.25, -0.2) is 0 Å². The fourth-order valence-electron chi connectivity index (χ4n) is 1.43. The first-order chi connectivity index (χ1) is 6.73. The standard InChI is InChI=1S/C5H13NO6P2S.2Na.2H/c7-13(8,9)5(14(10,11)12)6-1-3-15-4-2-6;;;;/h5H,1-4H2,(H2,7,8,9)(H2,10,11,12);;;;. The maximum absolute atomic E-state index is 11.0. The van der Waals surface area contributed by atoms with E-state index in [0.717, 1.165) is 0 Å². The summed E-state index contributed by atoms with van der Waals surface area (Å²) in [6.45, 7) is 0.567. The second kappa shape index (κ2) is 8.80. The quantitative estimate of drug-likeness (QED) is 0.361. The monoisotopic (exact) mass is 325 g/mol. The Labute approximate surface area is 148 Å². The van der Waals surface area contributed by atoms with Crippen molar-refractivity contribution in [2.75, 3.05) is 24.6 Å². The molecule has 0 aromatic carbocycles. The van der Waals surface area contributed by atoms with Gasteiger partial charge in [-0.1, -0.05) is 0 Å². The van der Waals surface area contributed by atoms with Crippen LogP contribution in [0.2, 0.25) is 0 Å². The Bertz CT molecular complexity index is 294. The van der Waals surface area contributed by atoms with Crippen LogP contribution in [0.15, 0.2) is 0 Å². The van der Waals surface area contributed by atoms with Crippen LogP contribution in [0, 0.1) is 0 Å². The van der Waals surface area contributed by atoms with Crippen LogP contribution in [0.3, 0.4) is 0 Å². The van der Waals surface area contributed by atoms with Crippen LogP contribution in [0.4, 0.5) is 0 Å². The summed E-state index contributed by atoms with van der Waals surface area (Å²) in [6, 6.07) is 0. The molecule has 0 amide bonds. The van der Waals surface area contributed by atoms with E-state index in [1.165, 1.54) is 4.90 Å². The number of rotatable bonds is 3. The topological polar surface area (TPSA) is 118 Å². The van der Waals surface area contributed by atoms with Crippen LogP contribution in [-0.2, 0) is 9.13 Å². The molecule has 1 aliphatic rings. The Balaban J connectivity index is 0. The van der Waals surface area contributed by atoms with Gasteiger partial charge in [0.2, 0.25) is 5.52 Å². The van der Waals surface area contributed by atoms with E-state index in [4.69, 9.17) is 19.6 Å². The Hall–Kier alpha value is 2.61. The SMILES string of the molecule is O=P(O)(O)C(N1CCSCC1)P(=O)(O)O.[NaH].[NaH]. The Morgan fingerprint density at radius 2 is 1.29 bits per heavy atom. The zero-order valence-electron chi connectivity index (χ0n) is 7.76. The van der Waals surface area contributed by atoms with Crippen molar-refractivity contribution in [1.29, 1.82) is 0 Å².